The number of nitrogens with zero attached hydrogens (tertiary/aromatic N) is 4. The normalized spacial score (nSPS) is 12.2. The van der Waals surface area contributed by atoms with Gasteiger partial charge >= 0.3 is 0 Å². The van der Waals surface area contributed by atoms with Gasteiger partial charge in [0.1, 0.15) is 5.75 Å². The Labute approximate surface area is 149 Å². The predicted octanol–water partition coefficient (Wildman–Crippen LogP) is 2.87. The number of aryl methyl sites for hydroxylation is 2. The van der Waals surface area contributed by atoms with Gasteiger partial charge in [-0.25, -0.2) is 9.50 Å². The molecule has 1 unspecified atom stereocenters. The van der Waals surface area contributed by atoms with E-state index in [2.05, 4.69) is 20.4 Å². The van der Waals surface area contributed by atoms with Crippen molar-refractivity contribution in [2.75, 3.05) is 12.4 Å². The molecule has 7 nitrogen and oxygen atoms in total. The average Bonchev–Trinajstić information content (AvgIpc) is 2.97. The zero-order valence-corrected chi connectivity index (χ0v) is 15.3. The van der Waals surface area contributed by atoms with Crippen molar-refractivity contribution < 1.29 is 9.53 Å². The fourth-order valence-electron chi connectivity index (χ4n) is 2.39. The van der Waals surface area contributed by atoms with Crippen LogP contribution >= 0.6 is 11.8 Å². The van der Waals surface area contributed by atoms with Crippen LogP contribution in [0.3, 0.4) is 0 Å². The smallest absolute Gasteiger partial charge is 0.253 e. The van der Waals surface area contributed by atoms with Gasteiger partial charge in [0.05, 0.1) is 18.0 Å². The summed E-state index contributed by atoms with van der Waals surface area (Å²) in [6, 6.07) is 9.23. The van der Waals surface area contributed by atoms with Crippen molar-refractivity contribution in [1.82, 2.24) is 19.6 Å². The lowest BCUT2D eigenvalue weighted by molar-refractivity contribution is -0.115. The predicted molar refractivity (Wildman–Crippen MR) is 97.2 cm³/mol. The molecule has 0 saturated carbocycles. The van der Waals surface area contributed by atoms with Crippen LogP contribution in [0.25, 0.3) is 5.78 Å². The molecule has 0 radical (unpaired) electrons. The first-order valence-electron chi connectivity index (χ1n) is 7.79. The van der Waals surface area contributed by atoms with E-state index in [4.69, 9.17) is 4.74 Å². The van der Waals surface area contributed by atoms with Gasteiger partial charge in [0.25, 0.3) is 5.78 Å². The van der Waals surface area contributed by atoms with Crippen LogP contribution in [-0.2, 0) is 4.79 Å². The lowest BCUT2D eigenvalue weighted by atomic mass is 10.3. The van der Waals surface area contributed by atoms with Gasteiger partial charge in [0.2, 0.25) is 11.1 Å². The Kier molecular flexibility index (Phi) is 4.89. The largest absolute Gasteiger partial charge is 0.495 e. The number of aromatic nitrogens is 4. The monoisotopic (exact) mass is 357 g/mol. The third-order valence-corrected chi connectivity index (χ3v) is 4.57. The van der Waals surface area contributed by atoms with Crippen molar-refractivity contribution in [3.05, 3.63) is 41.7 Å². The zero-order valence-electron chi connectivity index (χ0n) is 14.5. The maximum absolute atomic E-state index is 12.5. The Hall–Kier alpha value is -2.61. The van der Waals surface area contributed by atoms with Gasteiger partial charge < -0.3 is 10.1 Å². The van der Waals surface area contributed by atoms with Gasteiger partial charge in [-0.3, -0.25) is 4.79 Å². The number of fused-ring (bicyclic) bond motifs is 1. The number of thioether (sulfide) groups is 1. The van der Waals surface area contributed by atoms with E-state index < -0.39 is 0 Å². The molecular weight excluding hydrogens is 338 g/mol. The van der Waals surface area contributed by atoms with Crippen LogP contribution < -0.4 is 10.1 Å². The molecule has 1 atom stereocenters. The fraction of sp³-hybridized carbons (Fsp3) is 0.294. The topological polar surface area (TPSA) is 81.4 Å². The van der Waals surface area contributed by atoms with Crippen molar-refractivity contribution in [3.63, 3.8) is 0 Å². The minimum atomic E-state index is -0.372. The fourth-order valence-corrected chi connectivity index (χ4v) is 3.14. The summed E-state index contributed by atoms with van der Waals surface area (Å²) in [5.41, 5.74) is 2.47. The van der Waals surface area contributed by atoms with Crippen molar-refractivity contribution in [1.29, 1.82) is 0 Å². The molecule has 8 heteroatoms. The van der Waals surface area contributed by atoms with E-state index in [1.54, 1.807) is 23.8 Å². The number of carbonyl (C=O) groups is 1. The number of rotatable bonds is 5. The molecule has 1 aromatic carbocycles. The maximum atomic E-state index is 12.5. The highest BCUT2D eigenvalue weighted by Crippen LogP contribution is 2.26. The highest BCUT2D eigenvalue weighted by atomic mass is 32.2. The van der Waals surface area contributed by atoms with Crippen LogP contribution in [0.5, 0.6) is 5.75 Å². The Morgan fingerprint density at radius 2 is 2.04 bits per heavy atom. The Morgan fingerprint density at radius 1 is 1.28 bits per heavy atom. The first-order valence-corrected chi connectivity index (χ1v) is 8.67. The minimum absolute atomic E-state index is 0.144. The third kappa shape index (κ3) is 3.74. The van der Waals surface area contributed by atoms with E-state index in [0.29, 0.717) is 22.4 Å². The summed E-state index contributed by atoms with van der Waals surface area (Å²) in [7, 11) is 1.57. The van der Waals surface area contributed by atoms with Crippen LogP contribution in [-0.4, -0.2) is 37.8 Å². The second-order valence-corrected chi connectivity index (χ2v) is 6.90. The molecule has 0 aliphatic heterocycles. The lowest BCUT2D eigenvalue weighted by Crippen LogP contribution is -2.22. The molecule has 3 rings (SSSR count). The molecule has 0 fully saturated rings. The van der Waals surface area contributed by atoms with E-state index in [1.807, 2.05) is 39.0 Å². The quantitative estimate of drug-likeness (QED) is 0.707. The van der Waals surface area contributed by atoms with E-state index in [0.717, 1.165) is 11.4 Å². The van der Waals surface area contributed by atoms with E-state index in [-0.39, 0.29) is 11.2 Å². The number of carbonyl (C=O) groups excluding carboxylic acids is 1. The molecule has 0 bridgehead atoms. The first kappa shape index (κ1) is 17.2. The summed E-state index contributed by atoms with van der Waals surface area (Å²) < 4.78 is 6.93. The van der Waals surface area contributed by atoms with Gasteiger partial charge in [0, 0.05) is 11.4 Å². The van der Waals surface area contributed by atoms with Crippen LogP contribution in [0.2, 0.25) is 0 Å². The number of para-hydroxylation sites is 2. The van der Waals surface area contributed by atoms with Crippen LogP contribution in [0.4, 0.5) is 5.69 Å². The number of anilines is 1. The highest BCUT2D eigenvalue weighted by molar-refractivity contribution is 8.00. The first-order chi connectivity index (χ1) is 12.0. The summed E-state index contributed by atoms with van der Waals surface area (Å²) in [4.78, 5) is 21.2. The van der Waals surface area contributed by atoms with Crippen LogP contribution in [0, 0.1) is 13.8 Å². The number of hydrogen-bond acceptors (Lipinski definition) is 6. The molecule has 25 heavy (non-hydrogen) atoms. The second-order valence-electron chi connectivity index (χ2n) is 5.59. The van der Waals surface area contributed by atoms with Gasteiger partial charge in [-0.05, 0) is 39.0 Å². The van der Waals surface area contributed by atoms with Crippen molar-refractivity contribution in [2.45, 2.75) is 31.2 Å². The number of ether oxygens (including phenoxy) is 1. The summed E-state index contributed by atoms with van der Waals surface area (Å²) in [5, 5.41) is 7.44. The number of amides is 1. The summed E-state index contributed by atoms with van der Waals surface area (Å²) in [5.74, 6) is 1.01. The molecule has 0 spiro atoms. The molecule has 0 aliphatic rings. The van der Waals surface area contributed by atoms with Crippen molar-refractivity contribution in [3.8, 4) is 5.75 Å². The van der Waals surface area contributed by atoms with Gasteiger partial charge in [-0.15, -0.1) is 5.10 Å². The summed E-state index contributed by atoms with van der Waals surface area (Å²) in [6.45, 7) is 5.67. The van der Waals surface area contributed by atoms with E-state index in [9.17, 15) is 4.79 Å². The molecule has 0 saturated heterocycles. The third-order valence-electron chi connectivity index (χ3n) is 3.62. The molecule has 2 heterocycles. The van der Waals surface area contributed by atoms with E-state index in [1.165, 1.54) is 11.8 Å². The lowest BCUT2D eigenvalue weighted by Gasteiger charge is -2.12. The van der Waals surface area contributed by atoms with Crippen LogP contribution in [0.1, 0.15) is 18.3 Å². The SMILES string of the molecule is COc1ccccc1NC(=O)C(C)Sc1nc2nc(C)cc(C)n2n1. The number of methoxy groups -OCH3 is 1. The van der Waals surface area contributed by atoms with Gasteiger partial charge in [0.15, 0.2) is 0 Å². The van der Waals surface area contributed by atoms with Crippen molar-refractivity contribution in [2.24, 2.45) is 0 Å². The zero-order chi connectivity index (χ0) is 18.0. The standard InChI is InChI=1S/C17H19N5O2S/c1-10-9-11(2)22-16(18-10)20-17(21-22)25-12(3)15(23)19-13-7-5-6-8-14(13)24-4/h5-9,12H,1-4H3,(H,19,23). The Balaban J connectivity index is 1.74. The molecule has 130 valence electrons. The minimum Gasteiger partial charge on any atom is -0.495 e. The highest BCUT2D eigenvalue weighted by Gasteiger charge is 2.19. The van der Waals surface area contributed by atoms with Crippen molar-refractivity contribution >= 4 is 29.1 Å². The Morgan fingerprint density at radius 3 is 2.80 bits per heavy atom. The summed E-state index contributed by atoms with van der Waals surface area (Å²) in [6.07, 6.45) is 0. The van der Waals surface area contributed by atoms with Crippen LogP contribution in [0.15, 0.2) is 35.5 Å². The Bertz CT molecular complexity index is 925. The molecule has 0 aliphatic carbocycles. The maximum Gasteiger partial charge on any atom is 0.253 e. The molecular formula is C17H19N5O2S. The van der Waals surface area contributed by atoms with Gasteiger partial charge in [-0.1, -0.05) is 23.9 Å². The second kappa shape index (κ2) is 7.10. The number of hydrogen-bond donors (Lipinski definition) is 1. The summed E-state index contributed by atoms with van der Waals surface area (Å²) >= 11 is 1.29. The average molecular weight is 357 g/mol. The number of nitrogens with one attached hydrogen (secondary N) is 1. The molecule has 2 aromatic heterocycles. The number of benzene rings is 1. The molecule has 3 aromatic rings. The molecule has 1 N–H and O–H groups in total. The van der Waals surface area contributed by atoms with Gasteiger partial charge in [-0.2, -0.15) is 4.98 Å². The van der Waals surface area contributed by atoms with E-state index >= 15 is 0 Å². The molecule has 1 amide bonds.